The van der Waals surface area contributed by atoms with Crippen LogP contribution in [0.4, 0.5) is 0 Å². The van der Waals surface area contributed by atoms with Crippen molar-refractivity contribution in [2.45, 2.75) is 46.2 Å². The Bertz CT molecular complexity index is 882. The SMILES string of the molecule is CC(C)CNC(=O)[C@@H](C)N(Cc1ccccc1)C(=O)CCc1ccc2c(c1)OCCO2. The molecule has 2 amide bonds. The molecule has 0 aliphatic carbocycles. The second-order valence-electron chi connectivity index (χ2n) is 8.30. The van der Waals surface area contributed by atoms with E-state index in [1.165, 1.54) is 0 Å². The van der Waals surface area contributed by atoms with Gasteiger partial charge in [-0.05, 0) is 42.5 Å². The molecule has 1 N–H and O–H groups in total. The Morgan fingerprint density at radius 3 is 2.39 bits per heavy atom. The molecule has 0 fully saturated rings. The van der Waals surface area contributed by atoms with Gasteiger partial charge in [-0.25, -0.2) is 0 Å². The third kappa shape index (κ3) is 6.48. The highest BCUT2D eigenvalue weighted by Crippen LogP contribution is 2.31. The number of amides is 2. The number of carbonyl (C=O) groups is 2. The van der Waals surface area contributed by atoms with Crippen LogP contribution in [0.5, 0.6) is 11.5 Å². The molecule has 1 atom stereocenters. The minimum Gasteiger partial charge on any atom is -0.486 e. The van der Waals surface area contributed by atoms with E-state index >= 15 is 0 Å². The number of aryl methyl sites for hydroxylation is 1. The van der Waals surface area contributed by atoms with Gasteiger partial charge < -0.3 is 19.7 Å². The lowest BCUT2D eigenvalue weighted by molar-refractivity contribution is -0.140. The summed E-state index contributed by atoms with van der Waals surface area (Å²) in [7, 11) is 0. The van der Waals surface area contributed by atoms with Crippen LogP contribution < -0.4 is 14.8 Å². The summed E-state index contributed by atoms with van der Waals surface area (Å²) < 4.78 is 11.2. The van der Waals surface area contributed by atoms with Crippen LogP contribution in [0.15, 0.2) is 48.5 Å². The van der Waals surface area contributed by atoms with Crippen molar-refractivity contribution in [3.63, 3.8) is 0 Å². The third-order valence-corrected chi connectivity index (χ3v) is 5.28. The van der Waals surface area contributed by atoms with Crippen molar-refractivity contribution in [1.82, 2.24) is 10.2 Å². The van der Waals surface area contributed by atoms with E-state index in [0.717, 1.165) is 22.6 Å². The summed E-state index contributed by atoms with van der Waals surface area (Å²) in [6, 6.07) is 15.0. The predicted octanol–water partition coefficient (Wildman–Crippen LogP) is 3.58. The number of hydrogen-bond acceptors (Lipinski definition) is 4. The third-order valence-electron chi connectivity index (χ3n) is 5.28. The van der Waals surface area contributed by atoms with Crippen LogP contribution >= 0.6 is 0 Å². The normalized spacial score (nSPS) is 13.5. The smallest absolute Gasteiger partial charge is 0.242 e. The van der Waals surface area contributed by atoms with Crippen LogP contribution in [-0.2, 0) is 22.6 Å². The van der Waals surface area contributed by atoms with Crippen LogP contribution in [0.1, 0.15) is 38.3 Å². The maximum atomic E-state index is 13.2. The summed E-state index contributed by atoms with van der Waals surface area (Å²) >= 11 is 0. The molecule has 2 aromatic carbocycles. The van der Waals surface area contributed by atoms with E-state index in [9.17, 15) is 9.59 Å². The first-order valence-electron chi connectivity index (χ1n) is 10.9. The molecule has 1 aliphatic heterocycles. The van der Waals surface area contributed by atoms with E-state index in [-0.39, 0.29) is 11.8 Å². The highest BCUT2D eigenvalue weighted by atomic mass is 16.6. The fourth-order valence-electron chi connectivity index (χ4n) is 3.45. The van der Waals surface area contributed by atoms with E-state index in [1.54, 1.807) is 11.8 Å². The van der Waals surface area contributed by atoms with E-state index in [4.69, 9.17) is 9.47 Å². The lowest BCUT2D eigenvalue weighted by Crippen LogP contribution is -2.48. The molecule has 0 unspecified atom stereocenters. The Morgan fingerprint density at radius 1 is 0.968 bits per heavy atom. The van der Waals surface area contributed by atoms with Gasteiger partial charge in [0.2, 0.25) is 11.8 Å². The van der Waals surface area contributed by atoms with Crippen LogP contribution in [0.2, 0.25) is 0 Å². The summed E-state index contributed by atoms with van der Waals surface area (Å²) in [6.07, 6.45) is 0.884. The second kappa shape index (κ2) is 10.8. The molecule has 2 aromatic rings. The van der Waals surface area contributed by atoms with Gasteiger partial charge in [-0.1, -0.05) is 50.2 Å². The molecule has 1 aliphatic rings. The molecule has 31 heavy (non-hydrogen) atoms. The zero-order chi connectivity index (χ0) is 22.2. The van der Waals surface area contributed by atoms with E-state index < -0.39 is 6.04 Å². The molecule has 1 heterocycles. The Labute approximate surface area is 184 Å². The summed E-state index contributed by atoms with van der Waals surface area (Å²) in [6.45, 7) is 7.96. The molecular weight excluding hydrogens is 392 g/mol. The lowest BCUT2D eigenvalue weighted by Gasteiger charge is -2.29. The molecule has 0 saturated heterocycles. The topological polar surface area (TPSA) is 67.9 Å². The van der Waals surface area contributed by atoms with Gasteiger partial charge in [-0.2, -0.15) is 0 Å². The molecule has 6 heteroatoms. The molecular formula is C25H32N2O4. The summed E-state index contributed by atoms with van der Waals surface area (Å²) in [4.78, 5) is 27.5. The van der Waals surface area contributed by atoms with Gasteiger partial charge in [0, 0.05) is 19.5 Å². The number of rotatable bonds is 9. The Kier molecular flexibility index (Phi) is 7.93. The Balaban J connectivity index is 1.68. The zero-order valence-corrected chi connectivity index (χ0v) is 18.6. The van der Waals surface area contributed by atoms with E-state index in [1.807, 2.05) is 62.4 Å². The van der Waals surface area contributed by atoms with Crippen molar-refractivity contribution in [1.29, 1.82) is 0 Å². The maximum absolute atomic E-state index is 13.2. The summed E-state index contributed by atoms with van der Waals surface area (Å²) in [5, 5.41) is 2.95. The minimum atomic E-state index is -0.549. The van der Waals surface area contributed by atoms with Crippen molar-refractivity contribution in [2.24, 2.45) is 5.92 Å². The van der Waals surface area contributed by atoms with Crippen molar-refractivity contribution in [2.75, 3.05) is 19.8 Å². The average Bonchev–Trinajstić information content (AvgIpc) is 2.79. The molecule has 0 aromatic heterocycles. The molecule has 6 nitrogen and oxygen atoms in total. The fourth-order valence-corrected chi connectivity index (χ4v) is 3.45. The van der Waals surface area contributed by atoms with Gasteiger partial charge in [0.25, 0.3) is 0 Å². The van der Waals surface area contributed by atoms with Crippen LogP contribution in [0, 0.1) is 5.92 Å². The molecule has 0 radical (unpaired) electrons. The number of nitrogens with zero attached hydrogens (tertiary/aromatic N) is 1. The number of ether oxygens (including phenoxy) is 2. The van der Waals surface area contributed by atoms with Crippen molar-refractivity contribution < 1.29 is 19.1 Å². The van der Waals surface area contributed by atoms with Crippen molar-refractivity contribution in [3.8, 4) is 11.5 Å². The first kappa shape index (κ1) is 22.7. The highest BCUT2D eigenvalue weighted by Gasteiger charge is 2.26. The molecule has 3 rings (SSSR count). The standard InChI is InChI=1S/C25H32N2O4/c1-18(2)16-26-25(29)19(3)27(17-21-7-5-4-6-8-21)24(28)12-10-20-9-11-22-23(15-20)31-14-13-30-22/h4-9,11,15,18-19H,10,12-14,16-17H2,1-3H3,(H,26,29)/t19-/m1/s1. The van der Waals surface area contributed by atoms with Crippen LogP contribution in [-0.4, -0.2) is 42.5 Å². The summed E-state index contributed by atoms with van der Waals surface area (Å²) in [5.41, 5.74) is 2.01. The van der Waals surface area contributed by atoms with Crippen LogP contribution in [0.25, 0.3) is 0 Å². The number of hydrogen-bond donors (Lipinski definition) is 1. The van der Waals surface area contributed by atoms with Crippen molar-refractivity contribution >= 4 is 11.8 Å². The lowest BCUT2D eigenvalue weighted by atomic mass is 10.1. The van der Waals surface area contributed by atoms with Gasteiger partial charge in [0.05, 0.1) is 0 Å². The molecule has 0 saturated carbocycles. The number of carbonyl (C=O) groups excluding carboxylic acids is 2. The van der Waals surface area contributed by atoms with Crippen molar-refractivity contribution in [3.05, 3.63) is 59.7 Å². The largest absolute Gasteiger partial charge is 0.486 e. The van der Waals surface area contributed by atoms with E-state index in [2.05, 4.69) is 5.32 Å². The Morgan fingerprint density at radius 2 is 1.68 bits per heavy atom. The molecule has 0 bridgehead atoms. The average molecular weight is 425 g/mol. The van der Waals surface area contributed by atoms with Gasteiger partial charge >= 0.3 is 0 Å². The van der Waals surface area contributed by atoms with Crippen LogP contribution in [0.3, 0.4) is 0 Å². The van der Waals surface area contributed by atoms with Gasteiger partial charge in [-0.15, -0.1) is 0 Å². The predicted molar refractivity (Wildman–Crippen MR) is 120 cm³/mol. The zero-order valence-electron chi connectivity index (χ0n) is 18.6. The molecule has 166 valence electrons. The minimum absolute atomic E-state index is 0.0501. The quantitative estimate of drug-likeness (QED) is 0.668. The number of fused-ring (bicyclic) bond motifs is 1. The second-order valence-corrected chi connectivity index (χ2v) is 8.30. The monoisotopic (exact) mass is 424 g/mol. The number of nitrogens with one attached hydrogen (secondary N) is 1. The maximum Gasteiger partial charge on any atom is 0.242 e. The summed E-state index contributed by atoms with van der Waals surface area (Å²) in [5.74, 6) is 1.63. The first-order chi connectivity index (χ1) is 14.9. The Hall–Kier alpha value is -3.02. The van der Waals surface area contributed by atoms with Gasteiger partial charge in [0.15, 0.2) is 11.5 Å². The first-order valence-corrected chi connectivity index (χ1v) is 10.9. The fraction of sp³-hybridized carbons (Fsp3) is 0.440. The highest BCUT2D eigenvalue weighted by molar-refractivity contribution is 5.87. The van der Waals surface area contributed by atoms with Gasteiger partial charge in [0.1, 0.15) is 19.3 Å². The van der Waals surface area contributed by atoms with E-state index in [0.29, 0.717) is 45.1 Å². The molecule has 0 spiro atoms. The van der Waals surface area contributed by atoms with Gasteiger partial charge in [-0.3, -0.25) is 9.59 Å². The number of benzene rings is 2.